The van der Waals surface area contributed by atoms with Crippen LogP contribution >= 0.6 is 22.9 Å². The van der Waals surface area contributed by atoms with Crippen molar-refractivity contribution in [2.75, 3.05) is 5.32 Å². The summed E-state index contributed by atoms with van der Waals surface area (Å²) < 4.78 is 27.8. The third-order valence-corrected chi connectivity index (χ3v) is 4.01. The number of benzene rings is 1. The van der Waals surface area contributed by atoms with Gasteiger partial charge in [-0.1, -0.05) is 11.6 Å². The molecule has 0 aliphatic heterocycles. The second kappa shape index (κ2) is 5.55. The molecule has 1 aromatic carbocycles. The first kappa shape index (κ1) is 13.8. The molecule has 0 radical (unpaired) electrons. The molecule has 2 rings (SSSR count). The van der Waals surface area contributed by atoms with Crippen LogP contribution in [0.3, 0.4) is 0 Å². The molecule has 0 aliphatic carbocycles. The lowest BCUT2D eigenvalue weighted by Gasteiger charge is -2.14. The Morgan fingerprint density at radius 3 is 2.58 bits per heavy atom. The van der Waals surface area contributed by atoms with Gasteiger partial charge < -0.3 is 5.32 Å². The standard InChI is InChI=1S/C13H9ClF2N2S/c1-7(10-4-5-11(14)19-10)18-9-3-2-8(6-17)12(15)13(9)16/h2-5,7,18H,1H3. The molecular formula is C13H9ClF2N2S. The summed E-state index contributed by atoms with van der Waals surface area (Å²) in [5.74, 6) is -2.18. The van der Waals surface area contributed by atoms with Crippen LogP contribution in [0.4, 0.5) is 14.5 Å². The first-order chi connectivity index (χ1) is 9.02. The van der Waals surface area contributed by atoms with E-state index in [9.17, 15) is 8.78 Å². The summed E-state index contributed by atoms with van der Waals surface area (Å²) in [4.78, 5) is 0.911. The summed E-state index contributed by atoms with van der Waals surface area (Å²) >= 11 is 7.19. The predicted molar refractivity (Wildman–Crippen MR) is 72.4 cm³/mol. The zero-order valence-electron chi connectivity index (χ0n) is 9.88. The SMILES string of the molecule is CC(Nc1ccc(C#N)c(F)c1F)c1ccc(Cl)s1. The minimum atomic E-state index is -1.14. The van der Waals surface area contributed by atoms with Crippen LogP contribution in [0.25, 0.3) is 0 Å². The predicted octanol–water partition coefficient (Wildman–Crippen LogP) is 4.72. The molecule has 2 nitrogen and oxygen atoms in total. The van der Waals surface area contributed by atoms with Crippen molar-refractivity contribution < 1.29 is 8.78 Å². The normalized spacial score (nSPS) is 11.9. The molecule has 6 heteroatoms. The maximum absolute atomic E-state index is 13.7. The molecule has 0 amide bonds. The van der Waals surface area contributed by atoms with Gasteiger partial charge in [0, 0.05) is 4.88 Å². The number of hydrogen-bond acceptors (Lipinski definition) is 3. The largest absolute Gasteiger partial charge is 0.375 e. The summed E-state index contributed by atoms with van der Waals surface area (Å²) in [5, 5.41) is 11.5. The van der Waals surface area contributed by atoms with Gasteiger partial charge in [-0.25, -0.2) is 8.78 Å². The van der Waals surface area contributed by atoms with Crippen LogP contribution in [0, 0.1) is 23.0 Å². The molecule has 0 bridgehead atoms. The Labute approximate surface area is 118 Å². The first-order valence-electron chi connectivity index (χ1n) is 5.42. The van der Waals surface area contributed by atoms with Crippen LogP contribution in [0.1, 0.15) is 23.4 Å². The Kier molecular flexibility index (Phi) is 4.03. The van der Waals surface area contributed by atoms with Crippen molar-refractivity contribution in [1.29, 1.82) is 5.26 Å². The number of thiophene rings is 1. The quantitative estimate of drug-likeness (QED) is 0.889. The topological polar surface area (TPSA) is 35.8 Å². The molecule has 1 heterocycles. The Morgan fingerprint density at radius 1 is 1.26 bits per heavy atom. The van der Waals surface area contributed by atoms with Gasteiger partial charge in [-0.2, -0.15) is 5.26 Å². The maximum Gasteiger partial charge on any atom is 0.183 e. The van der Waals surface area contributed by atoms with Gasteiger partial charge >= 0.3 is 0 Å². The smallest absolute Gasteiger partial charge is 0.183 e. The van der Waals surface area contributed by atoms with Crippen molar-refractivity contribution in [3.63, 3.8) is 0 Å². The van der Waals surface area contributed by atoms with Crippen LogP contribution in [0.15, 0.2) is 24.3 Å². The van der Waals surface area contributed by atoms with Gasteiger partial charge in [0.2, 0.25) is 0 Å². The zero-order valence-corrected chi connectivity index (χ0v) is 11.4. The molecule has 0 saturated carbocycles. The van der Waals surface area contributed by atoms with E-state index >= 15 is 0 Å². The molecule has 19 heavy (non-hydrogen) atoms. The van der Waals surface area contributed by atoms with Gasteiger partial charge in [0.05, 0.1) is 21.6 Å². The highest BCUT2D eigenvalue weighted by atomic mass is 35.5. The van der Waals surface area contributed by atoms with E-state index in [-0.39, 0.29) is 17.3 Å². The lowest BCUT2D eigenvalue weighted by atomic mass is 10.1. The van der Waals surface area contributed by atoms with E-state index in [0.717, 1.165) is 4.88 Å². The van der Waals surface area contributed by atoms with Gasteiger partial charge in [-0.05, 0) is 31.2 Å². The fourth-order valence-corrected chi connectivity index (χ4v) is 2.68. The molecular weight excluding hydrogens is 290 g/mol. The van der Waals surface area contributed by atoms with E-state index in [2.05, 4.69) is 5.32 Å². The van der Waals surface area contributed by atoms with Crippen LogP contribution < -0.4 is 5.32 Å². The average molecular weight is 299 g/mol. The third-order valence-electron chi connectivity index (χ3n) is 2.60. The molecule has 2 aromatic rings. The maximum atomic E-state index is 13.7. The van der Waals surface area contributed by atoms with E-state index in [0.29, 0.717) is 4.34 Å². The highest BCUT2D eigenvalue weighted by Gasteiger charge is 2.16. The van der Waals surface area contributed by atoms with Crippen LogP contribution in [-0.4, -0.2) is 0 Å². The Balaban J connectivity index is 2.25. The molecule has 1 aromatic heterocycles. The summed E-state index contributed by atoms with van der Waals surface area (Å²) in [6.07, 6.45) is 0. The lowest BCUT2D eigenvalue weighted by Crippen LogP contribution is -2.08. The van der Waals surface area contributed by atoms with Gasteiger partial charge in [-0.15, -0.1) is 11.3 Å². The number of anilines is 1. The van der Waals surface area contributed by atoms with Crippen molar-refractivity contribution in [2.45, 2.75) is 13.0 Å². The minimum Gasteiger partial charge on any atom is -0.375 e. The molecule has 1 unspecified atom stereocenters. The van der Waals surface area contributed by atoms with Crippen molar-refractivity contribution in [3.05, 3.63) is 50.7 Å². The third kappa shape index (κ3) is 2.86. The summed E-state index contributed by atoms with van der Waals surface area (Å²) in [6, 6.07) is 7.55. The van der Waals surface area contributed by atoms with E-state index in [1.807, 2.05) is 13.0 Å². The fraction of sp³-hybridized carbons (Fsp3) is 0.154. The Hall–Kier alpha value is -1.64. The van der Waals surface area contributed by atoms with Gasteiger partial charge in [-0.3, -0.25) is 0 Å². The number of halogens is 3. The lowest BCUT2D eigenvalue weighted by molar-refractivity contribution is 0.508. The monoisotopic (exact) mass is 298 g/mol. The zero-order chi connectivity index (χ0) is 14.0. The average Bonchev–Trinajstić information content (AvgIpc) is 2.82. The molecule has 0 fully saturated rings. The molecule has 98 valence electrons. The van der Waals surface area contributed by atoms with Crippen LogP contribution in [0.2, 0.25) is 4.34 Å². The molecule has 1 atom stereocenters. The van der Waals surface area contributed by atoms with E-state index in [1.165, 1.54) is 23.5 Å². The number of nitrogens with one attached hydrogen (secondary N) is 1. The van der Waals surface area contributed by atoms with Gasteiger partial charge in [0.15, 0.2) is 11.6 Å². The number of nitrogens with zero attached hydrogens (tertiary/aromatic N) is 1. The van der Waals surface area contributed by atoms with Crippen molar-refractivity contribution >= 4 is 28.6 Å². The number of nitriles is 1. The van der Waals surface area contributed by atoms with Gasteiger partial charge in [0.25, 0.3) is 0 Å². The second-order valence-corrected chi connectivity index (χ2v) is 5.66. The van der Waals surface area contributed by atoms with E-state index < -0.39 is 11.6 Å². The summed E-state index contributed by atoms with van der Waals surface area (Å²) in [7, 11) is 0. The fourth-order valence-electron chi connectivity index (χ4n) is 1.61. The second-order valence-electron chi connectivity index (χ2n) is 3.91. The molecule has 0 aliphatic rings. The van der Waals surface area contributed by atoms with Crippen LogP contribution in [0.5, 0.6) is 0 Å². The summed E-state index contributed by atoms with van der Waals surface area (Å²) in [5.41, 5.74) is -0.289. The highest BCUT2D eigenvalue weighted by Crippen LogP contribution is 2.30. The Morgan fingerprint density at radius 2 is 2.00 bits per heavy atom. The number of hydrogen-bond donors (Lipinski definition) is 1. The first-order valence-corrected chi connectivity index (χ1v) is 6.62. The molecule has 0 saturated heterocycles. The molecule has 0 spiro atoms. The highest BCUT2D eigenvalue weighted by molar-refractivity contribution is 7.16. The van der Waals surface area contributed by atoms with E-state index in [1.54, 1.807) is 12.1 Å². The Bertz CT molecular complexity index is 649. The van der Waals surface area contributed by atoms with Crippen molar-refractivity contribution in [2.24, 2.45) is 0 Å². The van der Waals surface area contributed by atoms with E-state index in [4.69, 9.17) is 16.9 Å². The minimum absolute atomic E-state index is 0.0218. The summed E-state index contributed by atoms with van der Waals surface area (Å²) in [6.45, 7) is 1.82. The van der Waals surface area contributed by atoms with Crippen molar-refractivity contribution in [1.82, 2.24) is 0 Å². The number of rotatable bonds is 3. The van der Waals surface area contributed by atoms with Crippen molar-refractivity contribution in [3.8, 4) is 6.07 Å². The van der Waals surface area contributed by atoms with Gasteiger partial charge in [0.1, 0.15) is 6.07 Å². The molecule has 1 N–H and O–H groups in total. The van der Waals surface area contributed by atoms with Crippen LogP contribution in [-0.2, 0) is 0 Å².